The summed E-state index contributed by atoms with van der Waals surface area (Å²) in [6, 6.07) is 10.7. The van der Waals surface area contributed by atoms with E-state index in [1.807, 2.05) is 12.1 Å². The molecule has 10 heteroatoms. The summed E-state index contributed by atoms with van der Waals surface area (Å²) in [4.78, 5) is 9.77. The summed E-state index contributed by atoms with van der Waals surface area (Å²) in [7, 11) is 1.57. The molecule has 2 heterocycles. The molecule has 2 aromatic carbocycles. The number of rotatable bonds is 6. The summed E-state index contributed by atoms with van der Waals surface area (Å²) >= 11 is 1.49. The largest absolute Gasteiger partial charge is 0.494 e. The third-order valence-corrected chi connectivity index (χ3v) is 5.65. The Morgan fingerprint density at radius 3 is 2.57 bits per heavy atom. The van der Waals surface area contributed by atoms with Crippen molar-refractivity contribution in [3.8, 4) is 5.75 Å². The van der Waals surface area contributed by atoms with E-state index in [1.165, 1.54) is 28.4 Å². The van der Waals surface area contributed by atoms with Gasteiger partial charge in [0.15, 0.2) is 11.5 Å². The maximum Gasteiger partial charge on any atom is 0.416 e. The molecule has 0 saturated carbocycles. The highest BCUT2D eigenvalue weighted by Gasteiger charge is 2.29. The van der Waals surface area contributed by atoms with Gasteiger partial charge >= 0.3 is 6.18 Å². The lowest BCUT2D eigenvalue weighted by Crippen LogP contribution is -2.04. The van der Waals surface area contributed by atoms with Gasteiger partial charge in [-0.05, 0) is 48.6 Å². The molecule has 0 fully saturated rings. The smallest absolute Gasteiger partial charge is 0.416 e. The second-order valence-corrected chi connectivity index (χ2v) is 7.73. The minimum atomic E-state index is -4.32. The zero-order valence-corrected chi connectivity index (χ0v) is 16.8. The molecule has 0 bridgehead atoms. The highest BCUT2D eigenvalue weighted by Crippen LogP contribution is 2.31. The number of methoxy groups -OCH3 is 1. The van der Waals surface area contributed by atoms with E-state index in [-0.39, 0.29) is 5.95 Å². The molecule has 30 heavy (non-hydrogen) atoms. The topological polar surface area (TPSA) is 78.3 Å². The van der Waals surface area contributed by atoms with Crippen LogP contribution in [0.25, 0.3) is 16.6 Å². The van der Waals surface area contributed by atoms with Crippen molar-refractivity contribution >= 4 is 34.3 Å². The highest BCUT2D eigenvalue weighted by molar-refractivity contribution is 7.99. The van der Waals surface area contributed by atoms with Crippen LogP contribution in [0.15, 0.2) is 47.4 Å². The third-order valence-electron chi connectivity index (χ3n) is 4.55. The quantitative estimate of drug-likeness (QED) is 0.353. The van der Waals surface area contributed by atoms with Crippen molar-refractivity contribution in [2.45, 2.75) is 23.9 Å². The van der Waals surface area contributed by atoms with Gasteiger partial charge in [-0.3, -0.25) is 0 Å². The molecule has 4 rings (SSSR count). The lowest BCUT2D eigenvalue weighted by molar-refractivity contribution is -0.137. The maximum atomic E-state index is 12.6. The molecule has 0 aliphatic heterocycles. The van der Waals surface area contributed by atoms with E-state index in [1.54, 1.807) is 13.2 Å². The van der Waals surface area contributed by atoms with Crippen LogP contribution < -0.4 is 10.5 Å². The molecule has 0 radical (unpaired) electrons. The number of nitrogens with zero attached hydrogens (tertiary/aromatic N) is 4. The summed E-state index contributed by atoms with van der Waals surface area (Å²) in [5.41, 5.74) is 6.64. The van der Waals surface area contributed by atoms with Gasteiger partial charge in [0, 0.05) is 16.7 Å². The van der Waals surface area contributed by atoms with Crippen LogP contribution in [0.2, 0.25) is 0 Å². The van der Waals surface area contributed by atoms with E-state index < -0.39 is 11.7 Å². The molecule has 4 aromatic rings. The Bertz CT molecular complexity index is 1190. The number of aromatic nitrogens is 4. The number of benzene rings is 2. The normalized spacial score (nSPS) is 12.0. The van der Waals surface area contributed by atoms with Crippen LogP contribution in [0, 0.1) is 0 Å². The lowest BCUT2D eigenvalue weighted by atomic mass is 10.2. The van der Waals surface area contributed by atoms with E-state index in [0.29, 0.717) is 29.2 Å². The Morgan fingerprint density at radius 2 is 1.87 bits per heavy atom. The van der Waals surface area contributed by atoms with Crippen LogP contribution >= 0.6 is 11.8 Å². The molecule has 0 unspecified atom stereocenters. The van der Waals surface area contributed by atoms with Crippen molar-refractivity contribution in [2.75, 3.05) is 18.6 Å². The minimum absolute atomic E-state index is 0.222. The highest BCUT2D eigenvalue weighted by atomic mass is 32.2. The van der Waals surface area contributed by atoms with Gasteiger partial charge in [-0.15, -0.1) is 16.9 Å². The van der Waals surface area contributed by atoms with Crippen LogP contribution in [0.3, 0.4) is 0 Å². The maximum absolute atomic E-state index is 12.6. The first-order chi connectivity index (χ1) is 14.4. The SMILES string of the molecule is COc1cccc2c1nc(N)n1nc(CCCSc3ccc(C(F)(F)F)cc3)nc21. The van der Waals surface area contributed by atoms with Gasteiger partial charge in [0.05, 0.1) is 12.7 Å². The number of hydrogen-bond acceptors (Lipinski definition) is 6. The molecule has 156 valence electrons. The molecule has 2 aromatic heterocycles. The fraction of sp³-hybridized carbons (Fsp3) is 0.250. The number of thioether (sulfide) groups is 1. The van der Waals surface area contributed by atoms with Crippen LogP contribution in [-0.2, 0) is 12.6 Å². The molecule has 0 amide bonds. The first-order valence-corrected chi connectivity index (χ1v) is 10.1. The summed E-state index contributed by atoms with van der Waals surface area (Å²) in [6.45, 7) is 0. The molecule has 6 nitrogen and oxygen atoms in total. The summed E-state index contributed by atoms with van der Waals surface area (Å²) in [5.74, 6) is 2.19. The predicted molar refractivity (Wildman–Crippen MR) is 110 cm³/mol. The van der Waals surface area contributed by atoms with Gasteiger partial charge in [0.1, 0.15) is 11.3 Å². The molecular formula is C20H18F3N5OS. The van der Waals surface area contributed by atoms with Crippen LogP contribution in [0.1, 0.15) is 17.8 Å². The fourth-order valence-electron chi connectivity index (χ4n) is 3.10. The number of aryl methyl sites for hydroxylation is 1. The van der Waals surface area contributed by atoms with Crippen molar-refractivity contribution in [1.29, 1.82) is 0 Å². The number of fused-ring (bicyclic) bond motifs is 3. The second-order valence-electron chi connectivity index (χ2n) is 6.56. The zero-order chi connectivity index (χ0) is 21.3. The second kappa shape index (κ2) is 8.02. The zero-order valence-electron chi connectivity index (χ0n) is 16.0. The molecule has 2 N–H and O–H groups in total. The van der Waals surface area contributed by atoms with Gasteiger partial charge in [0.25, 0.3) is 0 Å². The van der Waals surface area contributed by atoms with Gasteiger partial charge < -0.3 is 10.5 Å². The number of nitrogens with two attached hydrogens (primary N) is 1. The van der Waals surface area contributed by atoms with E-state index >= 15 is 0 Å². The van der Waals surface area contributed by atoms with Gasteiger partial charge in [-0.25, -0.2) is 9.97 Å². The number of halogens is 3. The number of anilines is 1. The first kappa shape index (κ1) is 20.3. The van der Waals surface area contributed by atoms with Crippen molar-refractivity contribution < 1.29 is 17.9 Å². The summed E-state index contributed by atoms with van der Waals surface area (Å²) in [6.07, 6.45) is -2.94. The summed E-state index contributed by atoms with van der Waals surface area (Å²) in [5, 5.41) is 5.24. The molecule has 0 atom stereocenters. The van der Waals surface area contributed by atoms with Gasteiger partial charge in [-0.1, -0.05) is 6.07 Å². The Kier molecular flexibility index (Phi) is 5.42. The predicted octanol–water partition coefficient (Wildman–Crippen LogP) is 4.61. The first-order valence-electron chi connectivity index (χ1n) is 9.14. The molecule has 0 saturated heterocycles. The van der Waals surface area contributed by atoms with E-state index in [9.17, 15) is 13.2 Å². The number of para-hydroxylation sites is 1. The summed E-state index contributed by atoms with van der Waals surface area (Å²) < 4.78 is 44.7. The number of ether oxygens (including phenoxy) is 1. The Balaban J connectivity index is 1.45. The molecular weight excluding hydrogens is 415 g/mol. The van der Waals surface area contributed by atoms with Crippen molar-refractivity contribution in [3.05, 3.63) is 53.9 Å². The molecule has 0 aliphatic rings. The average molecular weight is 433 g/mol. The Hall–Kier alpha value is -3.01. The number of nitrogen functional groups attached to an aromatic ring is 1. The average Bonchev–Trinajstić information content (AvgIpc) is 3.16. The Labute approximate surface area is 174 Å². The van der Waals surface area contributed by atoms with Crippen molar-refractivity contribution in [3.63, 3.8) is 0 Å². The lowest BCUT2D eigenvalue weighted by Gasteiger charge is -2.07. The van der Waals surface area contributed by atoms with E-state index in [0.717, 1.165) is 34.6 Å². The van der Waals surface area contributed by atoms with Crippen LogP contribution in [-0.4, -0.2) is 32.4 Å². The van der Waals surface area contributed by atoms with Crippen molar-refractivity contribution in [1.82, 2.24) is 19.6 Å². The van der Waals surface area contributed by atoms with Gasteiger partial charge in [-0.2, -0.15) is 17.7 Å². The third kappa shape index (κ3) is 4.00. The fourth-order valence-corrected chi connectivity index (χ4v) is 3.95. The molecule has 0 aliphatic carbocycles. The standard InChI is InChI=1S/C20H18F3N5OS/c1-29-15-5-2-4-14-17(15)26-19(24)28-18(14)25-16(27-28)6-3-11-30-13-9-7-12(8-10-13)20(21,22)23/h2,4-5,7-10H,3,6,11H2,1H3,(H2,24,26). The Morgan fingerprint density at radius 1 is 1.10 bits per heavy atom. The van der Waals surface area contributed by atoms with Crippen LogP contribution in [0.5, 0.6) is 5.75 Å². The number of hydrogen-bond donors (Lipinski definition) is 1. The number of alkyl halides is 3. The monoisotopic (exact) mass is 433 g/mol. The minimum Gasteiger partial charge on any atom is -0.494 e. The van der Waals surface area contributed by atoms with E-state index in [4.69, 9.17) is 10.5 Å². The molecule has 0 spiro atoms. The van der Waals surface area contributed by atoms with Crippen molar-refractivity contribution in [2.24, 2.45) is 0 Å². The van der Waals surface area contributed by atoms with E-state index in [2.05, 4.69) is 15.1 Å². The van der Waals surface area contributed by atoms with Gasteiger partial charge in [0.2, 0.25) is 5.95 Å². The van der Waals surface area contributed by atoms with Crippen LogP contribution in [0.4, 0.5) is 19.1 Å².